The van der Waals surface area contributed by atoms with E-state index in [0.717, 1.165) is 30.4 Å². The molecule has 0 spiro atoms. The van der Waals surface area contributed by atoms with Crippen molar-refractivity contribution in [1.29, 1.82) is 0 Å². The molecule has 5 nitrogen and oxygen atoms in total. The minimum absolute atomic E-state index is 0.0147. The fourth-order valence-corrected chi connectivity index (χ4v) is 2.82. The molecule has 1 aliphatic rings. The van der Waals surface area contributed by atoms with Gasteiger partial charge in [0.05, 0.1) is 6.42 Å². The molecule has 130 valence electrons. The maximum Gasteiger partial charge on any atom is 0.306 e. The van der Waals surface area contributed by atoms with Crippen molar-refractivity contribution < 1.29 is 19.1 Å². The van der Waals surface area contributed by atoms with Gasteiger partial charge in [-0.05, 0) is 30.9 Å². The first-order valence-corrected chi connectivity index (χ1v) is 8.97. The van der Waals surface area contributed by atoms with E-state index in [9.17, 15) is 14.4 Å². The molecule has 0 atom stereocenters. The van der Waals surface area contributed by atoms with Gasteiger partial charge in [0.1, 0.15) is 0 Å². The normalized spacial score (nSPS) is 15.2. The first kappa shape index (κ1) is 18.6. The van der Waals surface area contributed by atoms with E-state index in [1.807, 2.05) is 0 Å². The second kappa shape index (κ2) is 8.97. The van der Waals surface area contributed by atoms with Crippen LogP contribution in [0.3, 0.4) is 0 Å². The highest BCUT2D eigenvalue weighted by atomic mass is 79.9. The van der Waals surface area contributed by atoms with Crippen molar-refractivity contribution >= 4 is 33.6 Å². The van der Waals surface area contributed by atoms with Crippen LogP contribution in [0.1, 0.15) is 43.0 Å². The number of halogens is 1. The van der Waals surface area contributed by atoms with E-state index >= 15 is 0 Å². The number of hydrogen-bond donors (Lipinski definition) is 0. The summed E-state index contributed by atoms with van der Waals surface area (Å²) in [6.45, 7) is 3.38. The van der Waals surface area contributed by atoms with E-state index in [2.05, 4.69) is 22.9 Å². The molecule has 0 aromatic heterocycles. The summed E-state index contributed by atoms with van der Waals surface area (Å²) in [6, 6.07) is 6.98. The van der Waals surface area contributed by atoms with Crippen molar-refractivity contribution in [3.8, 4) is 0 Å². The maximum atomic E-state index is 12.0. The molecule has 0 unspecified atom stereocenters. The number of nitrogens with zero attached hydrogens (tertiary/aromatic N) is 1. The van der Waals surface area contributed by atoms with Gasteiger partial charge in [-0.2, -0.15) is 0 Å². The van der Waals surface area contributed by atoms with Gasteiger partial charge in [-0.3, -0.25) is 14.4 Å². The molecule has 1 aliphatic heterocycles. The summed E-state index contributed by atoms with van der Waals surface area (Å²) in [4.78, 5) is 37.4. The van der Waals surface area contributed by atoms with Crippen molar-refractivity contribution in [3.05, 3.63) is 34.3 Å². The highest BCUT2D eigenvalue weighted by molar-refractivity contribution is 9.10. The fraction of sp³-hybridized carbons (Fsp3) is 0.500. The summed E-state index contributed by atoms with van der Waals surface area (Å²) < 4.78 is 5.89. The first-order chi connectivity index (χ1) is 11.5. The molecule has 1 aromatic carbocycles. The van der Waals surface area contributed by atoms with Crippen LogP contribution in [0.2, 0.25) is 0 Å². The summed E-state index contributed by atoms with van der Waals surface area (Å²) >= 11 is 3.31. The van der Waals surface area contributed by atoms with Crippen LogP contribution in [0, 0.1) is 5.92 Å². The third-order valence-electron chi connectivity index (χ3n) is 4.22. The van der Waals surface area contributed by atoms with Crippen LogP contribution >= 0.6 is 15.9 Å². The van der Waals surface area contributed by atoms with Gasteiger partial charge in [-0.15, -0.1) is 0 Å². The van der Waals surface area contributed by atoms with E-state index in [-0.39, 0.29) is 31.1 Å². The number of benzene rings is 1. The van der Waals surface area contributed by atoms with E-state index < -0.39 is 5.97 Å². The van der Waals surface area contributed by atoms with E-state index in [1.165, 1.54) is 0 Å². The average Bonchev–Trinajstić information content (AvgIpc) is 2.58. The van der Waals surface area contributed by atoms with Crippen molar-refractivity contribution in [1.82, 2.24) is 4.90 Å². The molecule has 0 N–H and O–H groups in total. The summed E-state index contributed by atoms with van der Waals surface area (Å²) in [5.41, 5.74) is 0.560. The minimum Gasteiger partial charge on any atom is -0.456 e. The van der Waals surface area contributed by atoms with Crippen LogP contribution < -0.4 is 0 Å². The highest BCUT2D eigenvalue weighted by Crippen LogP contribution is 2.16. The Morgan fingerprint density at radius 3 is 2.38 bits per heavy atom. The van der Waals surface area contributed by atoms with Crippen LogP contribution in [0.25, 0.3) is 0 Å². The van der Waals surface area contributed by atoms with Crippen LogP contribution in [0.4, 0.5) is 0 Å². The van der Waals surface area contributed by atoms with Crippen LogP contribution in [-0.4, -0.2) is 42.3 Å². The van der Waals surface area contributed by atoms with Gasteiger partial charge in [0.15, 0.2) is 12.4 Å². The van der Waals surface area contributed by atoms with Gasteiger partial charge in [0.25, 0.3) is 5.91 Å². The zero-order valence-electron chi connectivity index (χ0n) is 13.8. The molecule has 1 amide bonds. The van der Waals surface area contributed by atoms with Crippen LogP contribution in [0.15, 0.2) is 28.7 Å². The summed E-state index contributed by atoms with van der Waals surface area (Å²) in [5.74, 6) is -0.148. The van der Waals surface area contributed by atoms with Gasteiger partial charge < -0.3 is 9.64 Å². The number of ether oxygens (including phenoxy) is 1. The van der Waals surface area contributed by atoms with Crippen LogP contribution in [0.5, 0.6) is 0 Å². The summed E-state index contributed by atoms with van der Waals surface area (Å²) in [6.07, 6.45) is 2.04. The molecule has 1 heterocycles. The SMILES string of the molecule is CC1CCN(C(=O)COC(=O)CCC(=O)c2ccc(Br)cc2)CC1. The standard InChI is InChI=1S/C18H22BrNO4/c1-13-8-10-20(11-9-13)17(22)12-24-18(23)7-6-16(21)14-2-4-15(19)5-3-14/h2-5,13H,6-12H2,1H3. The Kier molecular flexibility index (Phi) is 6.97. The third-order valence-corrected chi connectivity index (χ3v) is 4.74. The topological polar surface area (TPSA) is 63.7 Å². The number of Topliss-reactive ketones (excluding diaryl/α,β-unsaturated/α-hetero) is 1. The molecule has 0 aliphatic carbocycles. The van der Waals surface area contributed by atoms with Gasteiger partial charge in [-0.1, -0.05) is 35.0 Å². The Labute approximate surface area is 150 Å². The molecule has 6 heteroatoms. The van der Waals surface area contributed by atoms with Crippen molar-refractivity contribution in [2.45, 2.75) is 32.6 Å². The molecule has 2 rings (SSSR count). The lowest BCUT2D eigenvalue weighted by Crippen LogP contribution is -2.40. The second-order valence-electron chi connectivity index (χ2n) is 6.15. The molecule has 1 fully saturated rings. The van der Waals surface area contributed by atoms with Crippen molar-refractivity contribution in [3.63, 3.8) is 0 Å². The molecule has 1 aromatic rings. The molecular formula is C18H22BrNO4. The monoisotopic (exact) mass is 395 g/mol. The Bertz CT molecular complexity index is 592. The van der Waals surface area contributed by atoms with E-state index in [4.69, 9.17) is 4.74 Å². The number of carbonyl (C=O) groups is 3. The minimum atomic E-state index is -0.515. The Hall–Kier alpha value is -1.69. The molecule has 0 bridgehead atoms. The molecule has 24 heavy (non-hydrogen) atoms. The van der Waals surface area contributed by atoms with E-state index in [1.54, 1.807) is 29.2 Å². The maximum absolute atomic E-state index is 12.0. The third kappa shape index (κ3) is 5.74. The smallest absolute Gasteiger partial charge is 0.306 e. The average molecular weight is 396 g/mol. The van der Waals surface area contributed by atoms with Crippen LogP contribution in [-0.2, 0) is 14.3 Å². The predicted octanol–water partition coefficient (Wildman–Crippen LogP) is 3.21. The number of piperidine rings is 1. The van der Waals surface area contributed by atoms with Gasteiger partial charge in [0.2, 0.25) is 0 Å². The lowest BCUT2D eigenvalue weighted by atomic mass is 9.99. The van der Waals surface area contributed by atoms with Crippen molar-refractivity contribution in [2.24, 2.45) is 5.92 Å². The highest BCUT2D eigenvalue weighted by Gasteiger charge is 2.21. The zero-order chi connectivity index (χ0) is 17.5. The number of likely N-dealkylation sites (tertiary alicyclic amines) is 1. The number of rotatable bonds is 6. The molecule has 0 saturated carbocycles. The van der Waals surface area contributed by atoms with E-state index in [0.29, 0.717) is 11.5 Å². The Balaban J connectivity index is 1.68. The number of ketones is 1. The second-order valence-corrected chi connectivity index (χ2v) is 7.07. The number of hydrogen-bond acceptors (Lipinski definition) is 4. The predicted molar refractivity (Wildman–Crippen MR) is 93.6 cm³/mol. The fourth-order valence-electron chi connectivity index (χ4n) is 2.56. The summed E-state index contributed by atoms with van der Waals surface area (Å²) in [5, 5.41) is 0. The quantitative estimate of drug-likeness (QED) is 0.547. The van der Waals surface area contributed by atoms with Gasteiger partial charge in [0, 0.05) is 29.5 Å². The zero-order valence-corrected chi connectivity index (χ0v) is 15.4. The molecular weight excluding hydrogens is 374 g/mol. The number of esters is 1. The van der Waals surface area contributed by atoms with Gasteiger partial charge >= 0.3 is 5.97 Å². The lowest BCUT2D eigenvalue weighted by molar-refractivity contribution is -0.152. The van der Waals surface area contributed by atoms with Gasteiger partial charge in [-0.25, -0.2) is 0 Å². The largest absolute Gasteiger partial charge is 0.456 e. The summed E-state index contributed by atoms with van der Waals surface area (Å²) in [7, 11) is 0. The lowest BCUT2D eigenvalue weighted by Gasteiger charge is -2.30. The Morgan fingerprint density at radius 1 is 1.12 bits per heavy atom. The van der Waals surface area contributed by atoms with Crippen molar-refractivity contribution in [2.75, 3.05) is 19.7 Å². The number of carbonyl (C=O) groups excluding carboxylic acids is 3. The first-order valence-electron chi connectivity index (χ1n) is 8.18. The molecule has 0 radical (unpaired) electrons. The Morgan fingerprint density at radius 2 is 1.75 bits per heavy atom. The number of amides is 1. The molecule has 1 saturated heterocycles.